The molecule has 0 aromatic rings. The molecule has 5 fully saturated rings. The van der Waals surface area contributed by atoms with Gasteiger partial charge in [0.25, 0.3) is 0 Å². The standard InChI is InChI=1S/C16H26O4/c1-3-18-13-14(19-4-2)20-16(13)11-5-10-6-12(16)9-15(17,7-10)8-11/h10-14,17H,3-9H2,1-2H3/t10?,11-,12+,13-,14-,15?,16?/m0/s1. The van der Waals surface area contributed by atoms with Crippen LogP contribution >= 0.6 is 0 Å². The van der Waals surface area contributed by atoms with Crippen LogP contribution in [0.4, 0.5) is 0 Å². The molecule has 4 bridgehead atoms. The fourth-order valence-electron chi connectivity index (χ4n) is 5.76. The quantitative estimate of drug-likeness (QED) is 0.858. The minimum Gasteiger partial charge on any atom is -0.390 e. The Kier molecular flexibility index (Phi) is 2.98. The molecule has 1 aliphatic heterocycles. The molecule has 7 atom stereocenters. The van der Waals surface area contributed by atoms with Gasteiger partial charge >= 0.3 is 0 Å². The summed E-state index contributed by atoms with van der Waals surface area (Å²) in [5.74, 6) is 1.60. The van der Waals surface area contributed by atoms with Crippen molar-refractivity contribution in [2.24, 2.45) is 17.8 Å². The summed E-state index contributed by atoms with van der Waals surface area (Å²) in [6.45, 7) is 5.40. The highest BCUT2D eigenvalue weighted by molar-refractivity contribution is 5.19. The molecule has 20 heavy (non-hydrogen) atoms. The molecule has 3 unspecified atom stereocenters. The lowest BCUT2D eigenvalue weighted by Crippen LogP contribution is -2.78. The van der Waals surface area contributed by atoms with Gasteiger partial charge in [0.2, 0.25) is 0 Å². The molecule has 0 amide bonds. The maximum Gasteiger partial charge on any atom is 0.187 e. The van der Waals surface area contributed by atoms with Crippen molar-refractivity contribution >= 4 is 0 Å². The van der Waals surface area contributed by atoms with Gasteiger partial charge in [0, 0.05) is 13.2 Å². The first-order valence-corrected chi connectivity index (χ1v) is 8.24. The number of aliphatic hydroxyl groups is 1. The Morgan fingerprint density at radius 1 is 1.05 bits per heavy atom. The molecule has 1 saturated heterocycles. The fraction of sp³-hybridized carbons (Fsp3) is 1.00. The van der Waals surface area contributed by atoms with Crippen LogP contribution in [0.1, 0.15) is 46.0 Å². The molecular weight excluding hydrogens is 256 g/mol. The summed E-state index contributed by atoms with van der Waals surface area (Å²) >= 11 is 0. The number of ether oxygens (including phenoxy) is 3. The van der Waals surface area contributed by atoms with Gasteiger partial charge in [-0.25, -0.2) is 0 Å². The van der Waals surface area contributed by atoms with Crippen LogP contribution in [-0.2, 0) is 14.2 Å². The number of hydrogen-bond donors (Lipinski definition) is 1. The second-order valence-corrected chi connectivity index (χ2v) is 7.24. The third kappa shape index (κ3) is 1.62. The summed E-state index contributed by atoms with van der Waals surface area (Å²) in [7, 11) is 0. The zero-order valence-electron chi connectivity index (χ0n) is 12.5. The van der Waals surface area contributed by atoms with Crippen LogP contribution in [-0.4, -0.2) is 41.9 Å². The van der Waals surface area contributed by atoms with Crippen LogP contribution in [0.5, 0.6) is 0 Å². The Bertz CT molecular complexity index is 380. The van der Waals surface area contributed by atoms with Crippen LogP contribution in [0.3, 0.4) is 0 Å². The van der Waals surface area contributed by atoms with E-state index >= 15 is 0 Å². The second-order valence-electron chi connectivity index (χ2n) is 7.24. The van der Waals surface area contributed by atoms with E-state index in [0.29, 0.717) is 31.0 Å². The Labute approximate surface area is 120 Å². The molecule has 4 heteroatoms. The lowest BCUT2D eigenvalue weighted by Gasteiger charge is -2.70. The van der Waals surface area contributed by atoms with Gasteiger partial charge in [-0.15, -0.1) is 0 Å². The third-order valence-corrected chi connectivity index (χ3v) is 6.12. The van der Waals surface area contributed by atoms with Gasteiger partial charge in [-0.05, 0) is 63.7 Å². The Balaban J connectivity index is 1.61. The van der Waals surface area contributed by atoms with Gasteiger partial charge in [0.15, 0.2) is 6.29 Å². The minimum absolute atomic E-state index is 0.0612. The van der Waals surface area contributed by atoms with Gasteiger partial charge in [-0.2, -0.15) is 0 Å². The highest BCUT2D eigenvalue weighted by Crippen LogP contribution is 2.65. The van der Waals surface area contributed by atoms with E-state index in [9.17, 15) is 5.11 Å². The van der Waals surface area contributed by atoms with E-state index in [2.05, 4.69) is 0 Å². The van der Waals surface area contributed by atoms with Gasteiger partial charge in [0.1, 0.15) is 11.7 Å². The van der Waals surface area contributed by atoms with Crippen LogP contribution in [0.15, 0.2) is 0 Å². The predicted molar refractivity (Wildman–Crippen MR) is 73.1 cm³/mol. The number of hydrogen-bond acceptors (Lipinski definition) is 4. The van der Waals surface area contributed by atoms with E-state index in [-0.39, 0.29) is 18.0 Å². The van der Waals surface area contributed by atoms with Crippen LogP contribution in [0.25, 0.3) is 0 Å². The summed E-state index contributed by atoms with van der Waals surface area (Å²) in [6.07, 6.45) is 5.04. The molecule has 4 saturated carbocycles. The first-order valence-electron chi connectivity index (χ1n) is 8.24. The zero-order chi connectivity index (χ0) is 14.0. The maximum absolute atomic E-state index is 10.7. The minimum atomic E-state index is -0.418. The average Bonchev–Trinajstić information content (AvgIpc) is 2.37. The van der Waals surface area contributed by atoms with Crippen LogP contribution < -0.4 is 0 Å². The molecule has 0 aromatic heterocycles. The summed E-state index contributed by atoms with van der Waals surface area (Å²) in [5.41, 5.74) is -0.586. The van der Waals surface area contributed by atoms with Gasteiger partial charge in [-0.3, -0.25) is 0 Å². The van der Waals surface area contributed by atoms with Crippen LogP contribution in [0.2, 0.25) is 0 Å². The molecular formula is C16H26O4. The Morgan fingerprint density at radius 2 is 1.70 bits per heavy atom. The molecule has 4 aliphatic carbocycles. The largest absolute Gasteiger partial charge is 0.390 e. The lowest BCUT2D eigenvalue weighted by atomic mass is 9.46. The van der Waals surface area contributed by atoms with Gasteiger partial charge in [0.05, 0.1) is 5.60 Å². The Morgan fingerprint density at radius 3 is 2.25 bits per heavy atom. The topological polar surface area (TPSA) is 47.9 Å². The van der Waals surface area contributed by atoms with Gasteiger partial charge in [-0.1, -0.05) is 0 Å². The molecule has 1 spiro atoms. The van der Waals surface area contributed by atoms with Gasteiger partial charge < -0.3 is 19.3 Å². The predicted octanol–water partition coefficient (Wildman–Crippen LogP) is 2.09. The molecule has 0 radical (unpaired) electrons. The molecule has 4 nitrogen and oxygen atoms in total. The third-order valence-electron chi connectivity index (χ3n) is 6.12. The van der Waals surface area contributed by atoms with Crippen LogP contribution in [0, 0.1) is 17.8 Å². The molecule has 114 valence electrons. The van der Waals surface area contributed by atoms with Crippen molar-refractivity contribution in [1.29, 1.82) is 0 Å². The SMILES string of the molecule is CCO[C@H]1OC2([C@@H]3CC4C[C@H]2CC(O)(C4)C3)[C@H]1OCC. The molecule has 5 rings (SSSR count). The van der Waals surface area contributed by atoms with Crippen molar-refractivity contribution in [2.45, 2.75) is 69.5 Å². The monoisotopic (exact) mass is 282 g/mol. The highest BCUT2D eigenvalue weighted by atomic mass is 16.7. The van der Waals surface area contributed by atoms with E-state index in [0.717, 1.165) is 19.3 Å². The Hall–Kier alpha value is -0.160. The van der Waals surface area contributed by atoms with Crippen molar-refractivity contribution < 1.29 is 19.3 Å². The van der Waals surface area contributed by atoms with E-state index in [1.165, 1.54) is 12.8 Å². The number of rotatable bonds is 4. The summed E-state index contributed by atoms with van der Waals surface area (Å²) in [5, 5.41) is 10.7. The van der Waals surface area contributed by atoms with Crippen molar-refractivity contribution in [3.63, 3.8) is 0 Å². The lowest BCUT2D eigenvalue weighted by molar-refractivity contribution is -0.434. The van der Waals surface area contributed by atoms with Crippen molar-refractivity contribution in [1.82, 2.24) is 0 Å². The highest BCUT2D eigenvalue weighted by Gasteiger charge is 2.72. The van der Waals surface area contributed by atoms with Crippen molar-refractivity contribution in [3.05, 3.63) is 0 Å². The molecule has 1 N–H and O–H groups in total. The fourth-order valence-corrected chi connectivity index (χ4v) is 5.76. The molecule has 5 aliphatic rings. The first kappa shape index (κ1) is 13.5. The normalized spacial score (nSPS) is 56.2. The van der Waals surface area contributed by atoms with E-state index in [1.54, 1.807) is 0 Å². The van der Waals surface area contributed by atoms with Crippen molar-refractivity contribution in [2.75, 3.05) is 13.2 Å². The average molecular weight is 282 g/mol. The summed E-state index contributed by atoms with van der Waals surface area (Å²) in [6, 6.07) is 0. The maximum atomic E-state index is 10.7. The molecule has 0 aromatic carbocycles. The summed E-state index contributed by atoms with van der Waals surface area (Å²) < 4.78 is 18.0. The second kappa shape index (κ2) is 4.42. The summed E-state index contributed by atoms with van der Waals surface area (Å²) in [4.78, 5) is 0. The van der Waals surface area contributed by atoms with Crippen molar-refractivity contribution in [3.8, 4) is 0 Å². The van der Waals surface area contributed by atoms with E-state index in [1.807, 2.05) is 13.8 Å². The van der Waals surface area contributed by atoms with E-state index < -0.39 is 5.60 Å². The zero-order valence-corrected chi connectivity index (χ0v) is 12.5. The first-order chi connectivity index (χ1) is 9.61. The molecule has 1 heterocycles. The smallest absolute Gasteiger partial charge is 0.187 e. The van der Waals surface area contributed by atoms with E-state index in [4.69, 9.17) is 14.2 Å².